The Morgan fingerprint density at radius 3 is 2.67 bits per heavy atom. The zero-order valence-electron chi connectivity index (χ0n) is 14.6. The van der Waals surface area contributed by atoms with Gasteiger partial charge in [-0.05, 0) is 48.7 Å². The van der Waals surface area contributed by atoms with Crippen molar-refractivity contribution in [1.82, 2.24) is 14.9 Å². The van der Waals surface area contributed by atoms with Gasteiger partial charge in [-0.1, -0.05) is 18.6 Å². The fourth-order valence-corrected chi connectivity index (χ4v) is 4.53. The van der Waals surface area contributed by atoms with E-state index in [4.69, 9.17) is 0 Å². The molecule has 5 rings (SSSR count). The maximum absolute atomic E-state index is 13.3. The first kappa shape index (κ1) is 16.2. The Kier molecular flexibility index (Phi) is 3.44. The number of halogens is 1. The molecule has 1 aromatic heterocycles. The first-order valence-corrected chi connectivity index (χ1v) is 9.11. The molecular formula is C21H18FN3O2. The summed E-state index contributed by atoms with van der Waals surface area (Å²) >= 11 is 0. The van der Waals surface area contributed by atoms with Crippen LogP contribution in [0.3, 0.4) is 0 Å². The quantitative estimate of drug-likeness (QED) is 0.759. The van der Waals surface area contributed by atoms with Crippen LogP contribution in [-0.2, 0) is 0 Å². The number of hydrogen-bond acceptors (Lipinski definition) is 3. The van der Waals surface area contributed by atoms with Crippen LogP contribution >= 0.6 is 0 Å². The molecule has 1 aliphatic heterocycles. The maximum atomic E-state index is 13.3. The number of amides is 1. The molecule has 1 N–H and O–H groups in total. The van der Waals surface area contributed by atoms with E-state index < -0.39 is 0 Å². The topological polar surface area (TPSA) is 66.1 Å². The standard InChI is InChI=1S/C21H18FN3O2/c22-15-5-2-13(3-6-15)18-21(8-1-9-21)11-25(18)20(27)14-4-7-16-17(10-14)23-12-24-19(16)26/h2-7,10,12,18H,1,8-9,11H2,(H,23,24,26). The first-order valence-electron chi connectivity index (χ1n) is 9.11. The van der Waals surface area contributed by atoms with Gasteiger partial charge in [0.1, 0.15) is 5.82 Å². The molecule has 1 spiro atoms. The Morgan fingerprint density at radius 2 is 1.96 bits per heavy atom. The minimum atomic E-state index is -0.274. The molecule has 136 valence electrons. The van der Waals surface area contributed by atoms with Gasteiger partial charge in [0.15, 0.2) is 0 Å². The molecular weight excluding hydrogens is 345 g/mol. The molecule has 1 amide bonds. The van der Waals surface area contributed by atoms with E-state index in [0.29, 0.717) is 23.0 Å². The number of nitrogens with one attached hydrogen (secondary N) is 1. The van der Waals surface area contributed by atoms with Crippen molar-refractivity contribution in [2.24, 2.45) is 5.41 Å². The number of H-pyrrole nitrogens is 1. The van der Waals surface area contributed by atoms with Crippen LogP contribution in [0.1, 0.15) is 41.2 Å². The van der Waals surface area contributed by atoms with Crippen molar-refractivity contribution in [2.75, 3.05) is 6.54 Å². The monoisotopic (exact) mass is 363 g/mol. The molecule has 1 saturated carbocycles. The van der Waals surface area contributed by atoms with Crippen LogP contribution in [0.25, 0.3) is 10.9 Å². The Balaban J connectivity index is 1.50. The number of fused-ring (bicyclic) bond motifs is 1. The van der Waals surface area contributed by atoms with E-state index in [2.05, 4.69) is 9.97 Å². The number of aromatic nitrogens is 2. The molecule has 6 heteroatoms. The van der Waals surface area contributed by atoms with E-state index in [1.54, 1.807) is 30.3 Å². The highest BCUT2D eigenvalue weighted by Crippen LogP contribution is 2.60. The van der Waals surface area contributed by atoms with E-state index in [9.17, 15) is 14.0 Å². The van der Waals surface area contributed by atoms with E-state index in [1.165, 1.54) is 24.9 Å². The second-order valence-corrected chi connectivity index (χ2v) is 7.57. The van der Waals surface area contributed by atoms with Gasteiger partial charge in [-0.15, -0.1) is 0 Å². The van der Waals surface area contributed by atoms with E-state index in [1.807, 2.05) is 4.90 Å². The zero-order chi connectivity index (χ0) is 18.6. The van der Waals surface area contributed by atoms with Crippen molar-refractivity contribution in [3.8, 4) is 0 Å². The minimum Gasteiger partial charge on any atom is -0.330 e. The number of rotatable bonds is 2. The average molecular weight is 363 g/mol. The summed E-state index contributed by atoms with van der Waals surface area (Å²) in [5.41, 5.74) is 1.90. The van der Waals surface area contributed by atoms with E-state index in [-0.39, 0.29) is 28.7 Å². The van der Waals surface area contributed by atoms with Gasteiger partial charge >= 0.3 is 0 Å². The van der Waals surface area contributed by atoms with Crippen molar-refractivity contribution in [3.63, 3.8) is 0 Å². The zero-order valence-corrected chi connectivity index (χ0v) is 14.6. The summed E-state index contributed by atoms with van der Waals surface area (Å²) in [4.78, 5) is 33.6. The summed E-state index contributed by atoms with van der Waals surface area (Å²) in [6.07, 6.45) is 4.69. The third-order valence-corrected chi connectivity index (χ3v) is 6.06. The average Bonchev–Trinajstić information content (AvgIpc) is 2.61. The van der Waals surface area contributed by atoms with Gasteiger partial charge in [0.2, 0.25) is 0 Å². The second-order valence-electron chi connectivity index (χ2n) is 7.57. The van der Waals surface area contributed by atoms with Gasteiger partial charge in [0.05, 0.1) is 23.3 Å². The van der Waals surface area contributed by atoms with Gasteiger partial charge in [-0.3, -0.25) is 9.59 Å². The summed E-state index contributed by atoms with van der Waals surface area (Å²) < 4.78 is 13.3. The third-order valence-electron chi connectivity index (χ3n) is 6.06. The Labute approximate surface area is 154 Å². The lowest BCUT2D eigenvalue weighted by Gasteiger charge is -2.62. The van der Waals surface area contributed by atoms with Crippen LogP contribution in [0, 0.1) is 11.2 Å². The Hall–Kier alpha value is -3.02. The molecule has 0 radical (unpaired) electrons. The summed E-state index contributed by atoms with van der Waals surface area (Å²) in [5, 5.41) is 0.461. The van der Waals surface area contributed by atoms with Crippen molar-refractivity contribution in [3.05, 3.63) is 76.1 Å². The number of benzene rings is 2. The Bertz CT molecular complexity index is 1100. The third kappa shape index (κ3) is 2.40. The number of nitrogens with zero attached hydrogens (tertiary/aromatic N) is 2. The van der Waals surface area contributed by atoms with Gasteiger partial charge < -0.3 is 9.88 Å². The molecule has 2 heterocycles. The number of aromatic amines is 1. The number of hydrogen-bond donors (Lipinski definition) is 1. The van der Waals surface area contributed by atoms with Crippen LogP contribution in [0.15, 0.2) is 53.6 Å². The van der Waals surface area contributed by atoms with Gasteiger partial charge in [-0.2, -0.15) is 0 Å². The van der Waals surface area contributed by atoms with Crippen LogP contribution in [-0.4, -0.2) is 27.3 Å². The van der Waals surface area contributed by atoms with E-state index in [0.717, 1.165) is 18.4 Å². The summed E-state index contributed by atoms with van der Waals surface area (Å²) in [6, 6.07) is 11.4. The molecule has 0 bridgehead atoms. The van der Waals surface area contributed by atoms with Crippen molar-refractivity contribution >= 4 is 16.8 Å². The van der Waals surface area contributed by atoms with Gasteiger partial charge in [0.25, 0.3) is 11.5 Å². The molecule has 2 fully saturated rings. The van der Waals surface area contributed by atoms with Crippen LogP contribution < -0.4 is 5.56 Å². The predicted molar refractivity (Wildman–Crippen MR) is 98.8 cm³/mol. The van der Waals surface area contributed by atoms with Crippen LogP contribution in [0.4, 0.5) is 4.39 Å². The first-order chi connectivity index (χ1) is 13.1. The fourth-order valence-electron chi connectivity index (χ4n) is 4.53. The van der Waals surface area contributed by atoms with Crippen molar-refractivity contribution in [1.29, 1.82) is 0 Å². The molecule has 5 nitrogen and oxygen atoms in total. The van der Waals surface area contributed by atoms with Crippen molar-refractivity contribution < 1.29 is 9.18 Å². The lowest BCUT2D eigenvalue weighted by atomic mass is 9.56. The molecule has 27 heavy (non-hydrogen) atoms. The maximum Gasteiger partial charge on any atom is 0.258 e. The molecule has 1 unspecified atom stereocenters. The normalized spacial score (nSPS) is 20.3. The number of carbonyl (C=O) groups excluding carboxylic acids is 1. The highest BCUT2D eigenvalue weighted by atomic mass is 19.1. The van der Waals surface area contributed by atoms with Crippen molar-refractivity contribution in [2.45, 2.75) is 25.3 Å². The highest BCUT2D eigenvalue weighted by molar-refractivity contribution is 5.98. The Morgan fingerprint density at radius 1 is 1.19 bits per heavy atom. The largest absolute Gasteiger partial charge is 0.330 e. The molecule has 2 aliphatic rings. The predicted octanol–water partition coefficient (Wildman–Crippen LogP) is 3.43. The molecule has 1 saturated heterocycles. The van der Waals surface area contributed by atoms with Crippen LogP contribution in [0.2, 0.25) is 0 Å². The summed E-state index contributed by atoms with van der Waals surface area (Å²) in [5.74, 6) is -0.352. The summed E-state index contributed by atoms with van der Waals surface area (Å²) in [6.45, 7) is 0.717. The fraction of sp³-hybridized carbons (Fsp3) is 0.286. The highest BCUT2D eigenvalue weighted by Gasteiger charge is 2.57. The lowest BCUT2D eigenvalue weighted by molar-refractivity contribution is -0.105. The summed E-state index contributed by atoms with van der Waals surface area (Å²) in [7, 11) is 0. The molecule has 1 atom stereocenters. The smallest absolute Gasteiger partial charge is 0.258 e. The SMILES string of the molecule is O=C(c1ccc2c(=O)[nH]cnc2c1)N1CC2(CCC2)C1c1ccc(F)cc1. The number of likely N-dealkylation sites (tertiary alicyclic amines) is 1. The number of carbonyl (C=O) groups is 1. The minimum absolute atomic E-state index is 0.0258. The molecule has 3 aromatic rings. The van der Waals surface area contributed by atoms with E-state index >= 15 is 0 Å². The lowest BCUT2D eigenvalue weighted by Crippen LogP contribution is -2.63. The second kappa shape index (κ2) is 5.74. The van der Waals surface area contributed by atoms with Gasteiger partial charge in [-0.25, -0.2) is 9.37 Å². The van der Waals surface area contributed by atoms with Crippen LogP contribution in [0.5, 0.6) is 0 Å². The van der Waals surface area contributed by atoms with Gasteiger partial charge in [0, 0.05) is 17.5 Å². The molecule has 1 aliphatic carbocycles. The molecule has 2 aromatic carbocycles.